The fourth-order valence-corrected chi connectivity index (χ4v) is 1.70. The molecule has 2 aromatic rings. The van der Waals surface area contributed by atoms with E-state index in [-0.39, 0.29) is 0 Å². The van der Waals surface area contributed by atoms with Gasteiger partial charge in [0.2, 0.25) is 5.95 Å². The van der Waals surface area contributed by atoms with Crippen LogP contribution in [0.25, 0.3) is 6.08 Å². The Bertz CT molecular complexity index is 504. The van der Waals surface area contributed by atoms with Crippen molar-refractivity contribution < 1.29 is 0 Å². The van der Waals surface area contributed by atoms with Crippen LogP contribution in [-0.2, 0) is 6.54 Å². The van der Waals surface area contributed by atoms with E-state index >= 15 is 0 Å². The first-order valence-electron chi connectivity index (χ1n) is 6.62. The molecule has 0 radical (unpaired) electrons. The number of unbranched alkanes of at least 4 members (excludes halogenated alkanes) is 1. The first-order chi connectivity index (χ1) is 9.40. The van der Waals surface area contributed by atoms with E-state index in [1.807, 2.05) is 18.2 Å². The first-order valence-corrected chi connectivity index (χ1v) is 6.62. The van der Waals surface area contributed by atoms with Crippen LogP contribution in [0.1, 0.15) is 25.3 Å². The molecule has 2 rings (SSSR count). The summed E-state index contributed by atoms with van der Waals surface area (Å²) in [6.45, 7) is 3.72. The van der Waals surface area contributed by atoms with Gasteiger partial charge in [-0.25, -0.2) is 4.68 Å². The quantitative estimate of drug-likeness (QED) is 0.828. The molecule has 0 aliphatic rings. The molecular formula is C14H19N5. The van der Waals surface area contributed by atoms with Crippen molar-refractivity contribution in [1.29, 1.82) is 0 Å². The highest BCUT2D eigenvalue weighted by Crippen LogP contribution is 2.03. The van der Waals surface area contributed by atoms with E-state index < -0.39 is 0 Å². The number of aryl methyl sites for hydroxylation is 1. The Labute approximate surface area is 113 Å². The van der Waals surface area contributed by atoms with Crippen molar-refractivity contribution in [3.8, 4) is 0 Å². The molecule has 100 valence electrons. The summed E-state index contributed by atoms with van der Waals surface area (Å²) in [5.41, 5.74) is 1.19. The Kier molecular flexibility index (Phi) is 5.10. The number of benzene rings is 1. The third kappa shape index (κ3) is 4.21. The van der Waals surface area contributed by atoms with E-state index in [4.69, 9.17) is 0 Å². The highest BCUT2D eigenvalue weighted by atomic mass is 15.6. The molecule has 19 heavy (non-hydrogen) atoms. The highest BCUT2D eigenvalue weighted by Gasteiger charge is 2.02. The molecule has 0 amide bonds. The van der Waals surface area contributed by atoms with Crippen molar-refractivity contribution >= 4 is 12.0 Å². The van der Waals surface area contributed by atoms with Crippen LogP contribution < -0.4 is 5.32 Å². The maximum Gasteiger partial charge on any atom is 0.243 e. The molecule has 5 nitrogen and oxygen atoms in total. The molecule has 0 aliphatic carbocycles. The van der Waals surface area contributed by atoms with Crippen LogP contribution in [-0.4, -0.2) is 26.8 Å². The van der Waals surface area contributed by atoms with Crippen LogP contribution in [0.5, 0.6) is 0 Å². The molecule has 0 bridgehead atoms. The summed E-state index contributed by atoms with van der Waals surface area (Å²) in [4.78, 5) is 0. The number of aromatic nitrogens is 4. The number of hydrogen-bond donors (Lipinski definition) is 1. The van der Waals surface area contributed by atoms with Gasteiger partial charge in [-0.1, -0.05) is 60.9 Å². The molecule has 0 spiro atoms. The molecule has 1 aromatic carbocycles. The summed E-state index contributed by atoms with van der Waals surface area (Å²) < 4.78 is 1.81. The van der Waals surface area contributed by atoms with Crippen molar-refractivity contribution in [2.45, 2.75) is 26.3 Å². The minimum absolute atomic E-state index is 0.710. The number of hydrogen-bond acceptors (Lipinski definition) is 4. The van der Waals surface area contributed by atoms with Crippen molar-refractivity contribution in [2.24, 2.45) is 0 Å². The summed E-state index contributed by atoms with van der Waals surface area (Å²) in [5.74, 6) is 0.728. The second-order valence-corrected chi connectivity index (χ2v) is 4.27. The van der Waals surface area contributed by atoms with E-state index in [0.717, 1.165) is 25.3 Å². The molecule has 1 aromatic heterocycles. The van der Waals surface area contributed by atoms with Gasteiger partial charge in [-0.2, -0.15) is 0 Å². The predicted octanol–water partition coefficient (Wildman–Crippen LogP) is 2.60. The van der Waals surface area contributed by atoms with Crippen LogP contribution in [0.4, 0.5) is 5.95 Å². The second kappa shape index (κ2) is 7.31. The smallest absolute Gasteiger partial charge is 0.243 e. The number of anilines is 1. The van der Waals surface area contributed by atoms with Gasteiger partial charge in [-0.15, -0.1) is 0 Å². The summed E-state index contributed by atoms with van der Waals surface area (Å²) in [6.07, 6.45) is 6.36. The van der Waals surface area contributed by atoms with Gasteiger partial charge in [0.15, 0.2) is 0 Å². The van der Waals surface area contributed by atoms with E-state index in [0.29, 0.717) is 6.54 Å². The molecule has 0 fully saturated rings. The standard InChI is InChI=1S/C14H19N5/c1-2-3-12-19-14(16-17-18-19)15-11-7-10-13-8-5-4-6-9-13/h4-10H,2-3,11-12H2,1H3,(H,15,16,18)/b10-7+. The lowest BCUT2D eigenvalue weighted by Gasteiger charge is -2.03. The zero-order valence-corrected chi connectivity index (χ0v) is 11.2. The molecule has 0 unspecified atom stereocenters. The number of nitrogens with one attached hydrogen (secondary N) is 1. The zero-order valence-electron chi connectivity index (χ0n) is 11.2. The lowest BCUT2D eigenvalue weighted by Crippen LogP contribution is -2.09. The van der Waals surface area contributed by atoms with Crippen LogP contribution in [0.15, 0.2) is 36.4 Å². The van der Waals surface area contributed by atoms with Crippen LogP contribution >= 0.6 is 0 Å². The Morgan fingerprint density at radius 1 is 1.26 bits per heavy atom. The van der Waals surface area contributed by atoms with Crippen LogP contribution in [0, 0.1) is 0 Å². The van der Waals surface area contributed by atoms with Gasteiger partial charge in [-0.05, 0) is 22.4 Å². The van der Waals surface area contributed by atoms with Gasteiger partial charge in [0.1, 0.15) is 0 Å². The Hall–Kier alpha value is -2.17. The van der Waals surface area contributed by atoms with Crippen LogP contribution in [0.2, 0.25) is 0 Å². The van der Waals surface area contributed by atoms with Gasteiger partial charge in [0, 0.05) is 13.1 Å². The summed E-state index contributed by atoms with van der Waals surface area (Å²) in [6, 6.07) is 10.2. The van der Waals surface area contributed by atoms with Crippen LogP contribution in [0.3, 0.4) is 0 Å². The number of rotatable bonds is 7. The van der Waals surface area contributed by atoms with Gasteiger partial charge in [0.25, 0.3) is 0 Å². The third-order valence-electron chi connectivity index (χ3n) is 2.74. The van der Waals surface area contributed by atoms with E-state index in [9.17, 15) is 0 Å². The molecule has 0 saturated carbocycles. The van der Waals surface area contributed by atoms with Crippen molar-refractivity contribution in [3.05, 3.63) is 42.0 Å². The zero-order chi connectivity index (χ0) is 13.3. The van der Waals surface area contributed by atoms with Gasteiger partial charge < -0.3 is 5.32 Å². The lowest BCUT2D eigenvalue weighted by atomic mass is 10.2. The number of nitrogens with zero attached hydrogens (tertiary/aromatic N) is 4. The molecule has 5 heteroatoms. The van der Waals surface area contributed by atoms with Gasteiger partial charge in [0.05, 0.1) is 0 Å². The first kappa shape index (κ1) is 13.3. The van der Waals surface area contributed by atoms with Gasteiger partial charge >= 0.3 is 0 Å². The molecular weight excluding hydrogens is 238 g/mol. The number of tetrazole rings is 1. The fraction of sp³-hybridized carbons (Fsp3) is 0.357. The van der Waals surface area contributed by atoms with Crippen molar-refractivity contribution in [2.75, 3.05) is 11.9 Å². The Morgan fingerprint density at radius 3 is 2.89 bits per heavy atom. The minimum Gasteiger partial charge on any atom is -0.350 e. The highest BCUT2D eigenvalue weighted by molar-refractivity contribution is 5.49. The van der Waals surface area contributed by atoms with Crippen molar-refractivity contribution in [1.82, 2.24) is 20.2 Å². The second-order valence-electron chi connectivity index (χ2n) is 4.27. The topological polar surface area (TPSA) is 55.6 Å². The van der Waals surface area contributed by atoms with E-state index in [1.165, 1.54) is 5.56 Å². The SMILES string of the molecule is CCCCn1nnnc1NC/C=C/c1ccccc1. The maximum absolute atomic E-state index is 3.97. The van der Waals surface area contributed by atoms with E-state index in [2.05, 4.69) is 52.1 Å². The average Bonchev–Trinajstić information content (AvgIpc) is 2.90. The van der Waals surface area contributed by atoms with E-state index in [1.54, 1.807) is 4.68 Å². The summed E-state index contributed by atoms with van der Waals surface area (Å²) in [7, 11) is 0. The van der Waals surface area contributed by atoms with Crippen molar-refractivity contribution in [3.63, 3.8) is 0 Å². The lowest BCUT2D eigenvalue weighted by molar-refractivity contribution is 0.557. The fourth-order valence-electron chi connectivity index (χ4n) is 1.70. The summed E-state index contributed by atoms with van der Waals surface area (Å²) >= 11 is 0. The Balaban J connectivity index is 1.82. The minimum atomic E-state index is 0.710. The molecule has 0 aliphatic heterocycles. The summed E-state index contributed by atoms with van der Waals surface area (Å²) in [5, 5.41) is 14.8. The molecule has 0 atom stereocenters. The Morgan fingerprint density at radius 2 is 2.11 bits per heavy atom. The monoisotopic (exact) mass is 257 g/mol. The third-order valence-corrected chi connectivity index (χ3v) is 2.74. The normalized spacial score (nSPS) is 11.0. The average molecular weight is 257 g/mol. The molecule has 1 N–H and O–H groups in total. The predicted molar refractivity (Wildman–Crippen MR) is 76.7 cm³/mol. The molecule has 1 heterocycles. The van der Waals surface area contributed by atoms with Gasteiger partial charge in [-0.3, -0.25) is 0 Å². The molecule has 0 saturated heterocycles. The largest absolute Gasteiger partial charge is 0.350 e. The maximum atomic E-state index is 3.97.